The zero-order chi connectivity index (χ0) is 19.5. The summed E-state index contributed by atoms with van der Waals surface area (Å²) in [6, 6.07) is 7.88. The molecule has 8 nitrogen and oxygen atoms in total. The molecule has 1 aliphatic heterocycles. The molecule has 1 aliphatic rings. The average Bonchev–Trinajstić information content (AvgIpc) is 3.01. The van der Waals surface area contributed by atoms with Crippen LogP contribution in [-0.2, 0) is 0 Å². The molecule has 8 heteroatoms. The minimum absolute atomic E-state index is 0.242. The van der Waals surface area contributed by atoms with E-state index in [-0.39, 0.29) is 5.95 Å². The van der Waals surface area contributed by atoms with Gasteiger partial charge in [0.25, 0.3) is 0 Å². The zero-order valence-corrected chi connectivity index (χ0v) is 16.1. The van der Waals surface area contributed by atoms with E-state index in [9.17, 15) is 0 Å². The van der Waals surface area contributed by atoms with Crippen LogP contribution in [-0.4, -0.2) is 55.4 Å². The van der Waals surface area contributed by atoms with Gasteiger partial charge in [0, 0.05) is 31.4 Å². The molecule has 3 aromatic rings. The lowest BCUT2D eigenvalue weighted by Gasteiger charge is -2.22. The molecule has 4 rings (SSSR count). The first-order valence-corrected chi connectivity index (χ1v) is 9.31. The van der Waals surface area contributed by atoms with Crippen LogP contribution in [0, 0.1) is 0 Å². The van der Waals surface area contributed by atoms with Gasteiger partial charge in [0.15, 0.2) is 17.1 Å². The first kappa shape index (κ1) is 18.2. The largest absolute Gasteiger partial charge is 0.493 e. The fourth-order valence-corrected chi connectivity index (χ4v) is 3.49. The van der Waals surface area contributed by atoms with Gasteiger partial charge in [0.2, 0.25) is 5.95 Å². The molecule has 146 valence electrons. The van der Waals surface area contributed by atoms with Gasteiger partial charge in [-0.25, -0.2) is 4.98 Å². The molecular formula is C20H24N6O2. The maximum absolute atomic E-state index is 5.95. The van der Waals surface area contributed by atoms with Crippen LogP contribution in [0.3, 0.4) is 0 Å². The number of nitrogens with two attached hydrogens (primary N) is 1. The Bertz CT molecular complexity index is 986. The van der Waals surface area contributed by atoms with Crippen LogP contribution in [0.4, 0.5) is 11.8 Å². The molecule has 0 saturated carbocycles. The number of aromatic nitrogens is 3. The number of benzene rings is 1. The molecule has 0 atom stereocenters. The van der Waals surface area contributed by atoms with Gasteiger partial charge in [-0.15, -0.1) is 0 Å². The molecule has 1 fully saturated rings. The lowest BCUT2D eigenvalue weighted by Crippen LogP contribution is -2.29. The second-order valence-electron chi connectivity index (χ2n) is 6.66. The van der Waals surface area contributed by atoms with Gasteiger partial charge in [-0.1, -0.05) is 6.07 Å². The summed E-state index contributed by atoms with van der Waals surface area (Å²) in [7, 11) is 3.25. The Morgan fingerprint density at radius 1 is 1.00 bits per heavy atom. The molecule has 0 bridgehead atoms. The second-order valence-corrected chi connectivity index (χ2v) is 6.66. The second kappa shape index (κ2) is 7.85. The Kier molecular flexibility index (Phi) is 5.12. The summed E-state index contributed by atoms with van der Waals surface area (Å²) in [5.74, 6) is 2.44. The lowest BCUT2D eigenvalue weighted by molar-refractivity contribution is 0.355. The van der Waals surface area contributed by atoms with Crippen molar-refractivity contribution in [3.8, 4) is 22.6 Å². The van der Waals surface area contributed by atoms with E-state index in [0.29, 0.717) is 17.1 Å². The van der Waals surface area contributed by atoms with Gasteiger partial charge in [0.1, 0.15) is 5.82 Å². The Morgan fingerprint density at radius 3 is 2.68 bits per heavy atom. The summed E-state index contributed by atoms with van der Waals surface area (Å²) in [6.45, 7) is 3.70. The Hall–Kier alpha value is -3.13. The van der Waals surface area contributed by atoms with E-state index in [4.69, 9.17) is 15.2 Å². The van der Waals surface area contributed by atoms with E-state index in [1.165, 1.54) is 0 Å². The molecule has 0 radical (unpaired) electrons. The quantitative estimate of drug-likeness (QED) is 0.710. The molecule has 3 heterocycles. The van der Waals surface area contributed by atoms with Crippen molar-refractivity contribution < 1.29 is 9.47 Å². The standard InChI is InChI=1S/C20H24N6O2/c1-27-16-5-4-13(11-17(16)28-2)14-10-15-18(23-12-14)24-20(21)25-19(15)26-8-3-6-22-7-9-26/h4-5,10-12,22H,3,6-9H2,1-2H3,(H2,21,23,24,25). The Morgan fingerprint density at radius 2 is 1.86 bits per heavy atom. The molecule has 1 aromatic carbocycles. The van der Waals surface area contributed by atoms with Gasteiger partial charge in [-0.3, -0.25) is 0 Å². The number of ether oxygens (including phenoxy) is 2. The van der Waals surface area contributed by atoms with Crippen molar-refractivity contribution in [2.45, 2.75) is 6.42 Å². The normalized spacial score (nSPS) is 14.7. The number of hydrogen-bond donors (Lipinski definition) is 2. The highest BCUT2D eigenvalue weighted by atomic mass is 16.5. The van der Waals surface area contributed by atoms with Crippen LogP contribution in [0.5, 0.6) is 11.5 Å². The number of nitrogens with one attached hydrogen (secondary N) is 1. The van der Waals surface area contributed by atoms with Crippen molar-refractivity contribution in [1.82, 2.24) is 20.3 Å². The molecule has 1 saturated heterocycles. The fourth-order valence-electron chi connectivity index (χ4n) is 3.49. The number of nitrogen functional groups attached to an aromatic ring is 1. The van der Waals surface area contributed by atoms with Gasteiger partial charge in [-0.2, -0.15) is 9.97 Å². The predicted octanol–water partition coefficient (Wildman–Crippen LogP) is 2.09. The first-order chi connectivity index (χ1) is 13.7. The van der Waals surface area contributed by atoms with Gasteiger partial charge in [0.05, 0.1) is 19.6 Å². The predicted molar refractivity (Wildman–Crippen MR) is 110 cm³/mol. The van der Waals surface area contributed by atoms with Crippen LogP contribution in [0.1, 0.15) is 6.42 Å². The van der Waals surface area contributed by atoms with Crippen molar-refractivity contribution in [3.63, 3.8) is 0 Å². The molecular weight excluding hydrogens is 356 g/mol. The van der Waals surface area contributed by atoms with Crippen molar-refractivity contribution in [2.75, 3.05) is 51.0 Å². The van der Waals surface area contributed by atoms with E-state index >= 15 is 0 Å². The summed E-state index contributed by atoms with van der Waals surface area (Å²) in [5, 5.41) is 4.30. The smallest absolute Gasteiger partial charge is 0.224 e. The minimum atomic E-state index is 0.242. The van der Waals surface area contributed by atoms with E-state index < -0.39 is 0 Å². The van der Waals surface area contributed by atoms with Crippen LogP contribution >= 0.6 is 0 Å². The van der Waals surface area contributed by atoms with Gasteiger partial charge >= 0.3 is 0 Å². The van der Waals surface area contributed by atoms with E-state index in [1.807, 2.05) is 18.2 Å². The van der Waals surface area contributed by atoms with E-state index in [2.05, 4.69) is 31.2 Å². The summed E-state index contributed by atoms with van der Waals surface area (Å²) < 4.78 is 10.8. The third kappa shape index (κ3) is 3.50. The summed E-state index contributed by atoms with van der Waals surface area (Å²) >= 11 is 0. The third-order valence-corrected chi connectivity index (χ3v) is 4.90. The monoisotopic (exact) mass is 380 g/mol. The lowest BCUT2D eigenvalue weighted by atomic mass is 10.1. The molecule has 28 heavy (non-hydrogen) atoms. The number of anilines is 2. The molecule has 0 amide bonds. The third-order valence-electron chi connectivity index (χ3n) is 4.90. The number of fused-ring (bicyclic) bond motifs is 1. The number of rotatable bonds is 4. The molecule has 0 unspecified atom stereocenters. The first-order valence-electron chi connectivity index (χ1n) is 9.31. The van der Waals surface area contributed by atoms with Crippen molar-refractivity contribution in [2.24, 2.45) is 0 Å². The van der Waals surface area contributed by atoms with E-state index in [0.717, 1.165) is 54.9 Å². The maximum atomic E-state index is 5.95. The zero-order valence-electron chi connectivity index (χ0n) is 16.1. The fraction of sp³-hybridized carbons (Fsp3) is 0.350. The van der Waals surface area contributed by atoms with E-state index in [1.54, 1.807) is 20.4 Å². The SMILES string of the molecule is COc1ccc(-c2cnc3nc(N)nc(N4CCCNCC4)c3c2)cc1OC. The van der Waals surface area contributed by atoms with Crippen LogP contribution in [0.25, 0.3) is 22.2 Å². The maximum Gasteiger partial charge on any atom is 0.224 e. The molecule has 0 spiro atoms. The average molecular weight is 380 g/mol. The van der Waals surface area contributed by atoms with Crippen molar-refractivity contribution >= 4 is 22.8 Å². The van der Waals surface area contributed by atoms with Crippen LogP contribution in [0.2, 0.25) is 0 Å². The summed E-state index contributed by atoms with van der Waals surface area (Å²) in [6.07, 6.45) is 2.85. The Balaban J connectivity index is 1.81. The summed E-state index contributed by atoms with van der Waals surface area (Å²) in [4.78, 5) is 15.7. The minimum Gasteiger partial charge on any atom is -0.493 e. The number of methoxy groups -OCH3 is 2. The molecule has 3 N–H and O–H groups in total. The topological polar surface area (TPSA) is 98.4 Å². The number of pyridine rings is 1. The van der Waals surface area contributed by atoms with Gasteiger partial charge < -0.3 is 25.4 Å². The van der Waals surface area contributed by atoms with Crippen molar-refractivity contribution in [3.05, 3.63) is 30.5 Å². The highest BCUT2D eigenvalue weighted by Crippen LogP contribution is 2.34. The number of nitrogens with zero attached hydrogens (tertiary/aromatic N) is 4. The van der Waals surface area contributed by atoms with Crippen LogP contribution in [0.15, 0.2) is 30.5 Å². The number of hydrogen-bond acceptors (Lipinski definition) is 8. The van der Waals surface area contributed by atoms with Crippen LogP contribution < -0.4 is 25.4 Å². The molecule has 2 aromatic heterocycles. The molecule has 0 aliphatic carbocycles. The Labute approximate surface area is 163 Å². The summed E-state index contributed by atoms with van der Waals surface area (Å²) in [5.41, 5.74) is 8.49. The highest BCUT2D eigenvalue weighted by Gasteiger charge is 2.17. The van der Waals surface area contributed by atoms with Crippen molar-refractivity contribution in [1.29, 1.82) is 0 Å². The highest BCUT2D eigenvalue weighted by molar-refractivity contribution is 5.91. The van der Waals surface area contributed by atoms with Gasteiger partial charge in [-0.05, 0) is 36.7 Å².